The Morgan fingerprint density at radius 1 is 1.11 bits per heavy atom. The van der Waals surface area contributed by atoms with Crippen LogP contribution < -0.4 is 5.32 Å². The number of nitrogens with one attached hydrogen (secondary N) is 1. The second kappa shape index (κ2) is 10.4. The molecule has 8 heteroatoms. The van der Waals surface area contributed by atoms with Gasteiger partial charge in [0, 0.05) is 12.8 Å². The first-order valence-electron chi connectivity index (χ1n) is 9.35. The molecule has 6 nitrogen and oxygen atoms in total. The van der Waals surface area contributed by atoms with Crippen molar-refractivity contribution >= 4 is 25.0 Å². The van der Waals surface area contributed by atoms with Crippen molar-refractivity contribution in [2.24, 2.45) is 0 Å². The molecule has 0 aliphatic carbocycles. The Balaban J connectivity index is 2.60. The molecule has 1 N–H and O–H groups in total. The molecule has 1 aromatic heterocycles. The summed E-state index contributed by atoms with van der Waals surface area (Å²) < 4.78 is 29.5. The topological polar surface area (TPSA) is 69.7 Å². The first-order valence-corrected chi connectivity index (χ1v) is 11.3. The summed E-state index contributed by atoms with van der Waals surface area (Å²) in [5, 5.41) is 3.18. The van der Waals surface area contributed by atoms with Gasteiger partial charge in [0.05, 0.1) is 13.2 Å². The number of aromatic nitrogens is 1. The molecule has 2 unspecified atom stereocenters. The molecule has 1 aromatic carbocycles. The predicted octanol–water partition coefficient (Wildman–Crippen LogP) is 5.52. The highest BCUT2D eigenvalue weighted by atomic mass is 35.5. The Labute approximate surface area is 172 Å². The summed E-state index contributed by atoms with van der Waals surface area (Å²) in [7, 11) is -3.85. The van der Waals surface area contributed by atoms with E-state index in [4.69, 9.17) is 25.4 Å². The van der Waals surface area contributed by atoms with Gasteiger partial charge in [0.15, 0.2) is 6.23 Å². The van der Waals surface area contributed by atoms with Crippen LogP contribution in [0.3, 0.4) is 0 Å². The van der Waals surface area contributed by atoms with E-state index in [1.54, 1.807) is 32.2 Å². The zero-order valence-corrected chi connectivity index (χ0v) is 18.4. The molecule has 0 saturated heterocycles. The number of rotatable bonds is 11. The molecule has 0 saturated carbocycles. The lowest BCUT2D eigenvalue weighted by Gasteiger charge is -2.39. The monoisotopic (exact) mass is 426 g/mol. The highest BCUT2D eigenvalue weighted by Crippen LogP contribution is 2.69. The molecule has 0 amide bonds. The van der Waals surface area contributed by atoms with Crippen molar-refractivity contribution in [3.8, 4) is 0 Å². The summed E-state index contributed by atoms with van der Waals surface area (Å²) in [6.07, 6.45) is 0.767. The lowest BCUT2D eigenvalue weighted by molar-refractivity contribution is 0.0574. The fraction of sp³-hybridized carbons (Fsp3) is 0.450. The van der Waals surface area contributed by atoms with Gasteiger partial charge in [-0.15, -0.1) is 0 Å². The SMILES string of the molecule is CCOC(Nc1cc(C)ccn1)C(Cl)(c1ccccc1)P(=O)(OCC)OCC. The maximum Gasteiger partial charge on any atom is 0.360 e. The Morgan fingerprint density at radius 2 is 1.75 bits per heavy atom. The van der Waals surface area contributed by atoms with Crippen LogP contribution in [0, 0.1) is 6.92 Å². The minimum atomic E-state index is -3.85. The van der Waals surface area contributed by atoms with Crippen LogP contribution in [0.25, 0.3) is 0 Å². The first kappa shape index (κ1) is 22.9. The van der Waals surface area contributed by atoms with Gasteiger partial charge in [-0.05, 0) is 51.0 Å². The van der Waals surface area contributed by atoms with Crippen LogP contribution in [0.15, 0.2) is 48.7 Å². The highest BCUT2D eigenvalue weighted by Gasteiger charge is 2.57. The zero-order valence-electron chi connectivity index (χ0n) is 16.7. The third-order valence-electron chi connectivity index (χ3n) is 4.05. The van der Waals surface area contributed by atoms with Gasteiger partial charge >= 0.3 is 7.60 Å². The number of ether oxygens (including phenoxy) is 1. The van der Waals surface area contributed by atoms with Gasteiger partial charge in [0.1, 0.15) is 5.82 Å². The lowest BCUT2D eigenvalue weighted by atomic mass is 10.1. The number of hydrogen-bond acceptors (Lipinski definition) is 6. The average molecular weight is 427 g/mol. The Bertz CT molecular complexity index is 783. The third-order valence-corrected chi connectivity index (χ3v) is 7.57. The van der Waals surface area contributed by atoms with Gasteiger partial charge in [-0.2, -0.15) is 0 Å². The van der Waals surface area contributed by atoms with Crippen LogP contribution in [0.1, 0.15) is 31.9 Å². The van der Waals surface area contributed by atoms with Crippen molar-refractivity contribution in [3.63, 3.8) is 0 Å². The van der Waals surface area contributed by atoms with E-state index in [2.05, 4.69) is 10.3 Å². The fourth-order valence-corrected chi connectivity index (χ4v) is 5.41. The number of nitrogens with zero attached hydrogens (tertiary/aromatic N) is 1. The van der Waals surface area contributed by atoms with E-state index in [0.29, 0.717) is 18.0 Å². The minimum Gasteiger partial charge on any atom is -0.356 e. The Kier molecular flexibility index (Phi) is 8.47. The summed E-state index contributed by atoms with van der Waals surface area (Å²) in [6.45, 7) is 7.99. The summed E-state index contributed by atoms with van der Waals surface area (Å²) in [5.74, 6) is 0.555. The maximum absolute atomic E-state index is 13.9. The van der Waals surface area contributed by atoms with Gasteiger partial charge in [0.2, 0.25) is 4.62 Å². The number of anilines is 1. The van der Waals surface area contributed by atoms with Crippen LogP contribution in [0.5, 0.6) is 0 Å². The summed E-state index contributed by atoms with van der Waals surface area (Å²) >= 11 is 7.14. The third kappa shape index (κ3) is 4.94. The highest BCUT2D eigenvalue weighted by molar-refractivity contribution is 7.57. The average Bonchev–Trinajstić information content (AvgIpc) is 2.68. The first-order chi connectivity index (χ1) is 13.4. The van der Waals surface area contributed by atoms with Crippen LogP contribution in [0.2, 0.25) is 0 Å². The van der Waals surface area contributed by atoms with Crippen LogP contribution in [-0.2, 0) is 23.0 Å². The molecule has 0 bridgehead atoms. The van der Waals surface area contributed by atoms with E-state index in [-0.39, 0.29) is 13.2 Å². The zero-order chi connectivity index (χ0) is 20.6. The second-order valence-corrected chi connectivity index (χ2v) is 9.15. The van der Waals surface area contributed by atoms with E-state index in [1.807, 2.05) is 44.2 Å². The molecule has 0 fully saturated rings. The standard InChI is InChI=1S/C20H28ClN2O4P/c1-5-25-19(23-18-15-16(4)13-14-22-18)20(21,17-11-9-8-10-12-17)28(24,26-6-2)27-7-3/h8-15,19H,5-7H2,1-4H3,(H,22,23). The molecule has 0 spiro atoms. The van der Waals surface area contributed by atoms with Gasteiger partial charge < -0.3 is 19.1 Å². The summed E-state index contributed by atoms with van der Waals surface area (Å²) in [5.41, 5.74) is 1.59. The molecule has 1 heterocycles. The van der Waals surface area contributed by atoms with E-state index in [9.17, 15) is 4.57 Å². The summed E-state index contributed by atoms with van der Waals surface area (Å²) in [4.78, 5) is 4.32. The number of benzene rings is 1. The smallest absolute Gasteiger partial charge is 0.356 e. The molecule has 154 valence electrons. The molecule has 2 rings (SSSR count). The second-order valence-electron chi connectivity index (χ2n) is 6.07. The van der Waals surface area contributed by atoms with Crippen LogP contribution >= 0.6 is 19.2 Å². The van der Waals surface area contributed by atoms with Gasteiger partial charge in [-0.1, -0.05) is 41.9 Å². The number of alkyl halides is 1. The molecule has 0 radical (unpaired) electrons. The van der Waals surface area contributed by atoms with E-state index >= 15 is 0 Å². The number of halogens is 1. The molecule has 0 aliphatic rings. The molecular weight excluding hydrogens is 399 g/mol. The van der Waals surface area contributed by atoms with Crippen LogP contribution in [0.4, 0.5) is 5.82 Å². The minimum absolute atomic E-state index is 0.181. The quantitative estimate of drug-likeness (QED) is 0.290. The van der Waals surface area contributed by atoms with E-state index in [0.717, 1.165) is 5.56 Å². The molecule has 2 atom stereocenters. The van der Waals surface area contributed by atoms with Crippen molar-refractivity contribution in [1.82, 2.24) is 4.98 Å². The lowest BCUT2D eigenvalue weighted by Crippen LogP contribution is -2.43. The van der Waals surface area contributed by atoms with Gasteiger partial charge in [-0.3, -0.25) is 4.57 Å². The van der Waals surface area contributed by atoms with E-state index < -0.39 is 18.4 Å². The van der Waals surface area contributed by atoms with Crippen molar-refractivity contribution < 1.29 is 18.3 Å². The van der Waals surface area contributed by atoms with Gasteiger partial charge in [-0.25, -0.2) is 4.98 Å². The van der Waals surface area contributed by atoms with Gasteiger partial charge in [0.25, 0.3) is 0 Å². The van der Waals surface area contributed by atoms with Crippen molar-refractivity contribution in [2.75, 3.05) is 25.1 Å². The largest absolute Gasteiger partial charge is 0.360 e. The molecule has 2 aromatic rings. The van der Waals surface area contributed by atoms with Crippen LogP contribution in [-0.4, -0.2) is 31.0 Å². The number of aryl methyl sites for hydroxylation is 1. The Hall–Kier alpha value is -1.43. The maximum atomic E-state index is 13.9. The molecule has 0 aliphatic heterocycles. The molecular formula is C20H28ClN2O4P. The normalized spacial score (nSPS) is 15.0. The fourth-order valence-electron chi connectivity index (χ4n) is 2.85. The Morgan fingerprint density at radius 3 is 2.29 bits per heavy atom. The predicted molar refractivity (Wildman–Crippen MR) is 113 cm³/mol. The van der Waals surface area contributed by atoms with E-state index in [1.165, 1.54) is 0 Å². The number of hydrogen-bond donors (Lipinski definition) is 1. The van der Waals surface area contributed by atoms with Crippen molar-refractivity contribution in [1.29, 1.82) is 0 Å². The van der Waals surface area contributed by atoms with Crippen molar-refractivity contribution in [3.05, 3.63) is 59.8 Å². The van der Waals surface area contributed by atoms with Crippen molar-refractivity contribution in [2.45, 2.75) is 38.5 Å². The number of pyridine rings is 1. The summed E-state index contributed by atoms with van der Waals surface area (Å²) in [6, 6.07) is 12.8. The molecule has 28 heavy (non-hydrogen) atoms.